The van der Waals surface area contributed by atoms with Crippen molar-refractivity contribution in [2.75, 3.05) is 27.9 Å². The molecule has 0 aromatic heterocycles. The Hall–Kier alpha value is -1.13. The Morgan fingerprint density at radius 3 is 2.69 bits per heavy atom. The van der Waals surface area contributed by atoms with Gasteiger partial charge in [-0.25, -0.2) is 4.39 Å². The molecule has 0 spiro atoms. The third kappa shape index (κ3) is 3.18. The van der Waals surface area contributed by atoms with Crippen molar-refractivity contribution in [1.82, 2.24) is 5.32 Å². The highest BCUT2D eigenvalue weighted by atomic mass is 19.1. The molecule has 1 atom stereocenters. The lowest BCUT2D eigenvalue weighted by Crippen LogP contribution is -2.32. The van der Waals surface area contributed by atoms with E-state index in [1.54, 1.807) is 25.3 Å². The van der Waals surface area contributed by atoms with Gasteiger partial charge in [-0.15, -0.1) is 0 Å². The summed E-state index contributed by atoms with van der Waals surface area (Å²) in [6.07, 6.45) is 0.577. The van der Waals surface area contributed by atoms with Gasteiger partial charge in [0.15, 0.2) is 11.6 Å². The Kier molecular flexibility index (Phi) is 5.22. The molecule has 3 nitrogen and oxygen atoms in total. The molecule has 0 radical (unpaired) electrons. The van der Waals surface area contributed by atoms with Crippen LogP contribution in [-0.2, 0) is 11.2 Å². The molecule has 1 N–H and O–H groups in total. The van der Waals surface area contributed by atoms with Crippen molar-refractivity contribution in [2.24, 2.45) is 0 Å². The van der Waals surface area contributed by atoms with Gasteiger partial charge in [0.25, 0.3) is 0 Å². The van der Waals surface area contributed by atoms with Crippen LogP contribution in [0.15, 0.2) is 18.2 Å². The molecule has 4 heteroatoms. The third-order valence-electron chi connectivity index (χ3n) is 2.51. The maximum absolute atomic E-state index is 13.8. The molecule has 0 amide bonds. The predicted octanol–water partition coefficient (Wildman–Crippen LogP) is 1.61. The fourth-order valence-electron chi connectivity index (χ4n) is 1.58. The molecule has 0 saturated heterocycles. The Morgan fingerprint density at radius 2 is 2.12 bits per heavy atom. The van der Waals surface area contributed by atoms with Crippen LogP contribution < -0.4 is 10.1 Å². The van der Waals surface area contributed by atoms with E-state index in [1.165, 1.54) is 7.11 Å². The average Bonchev–Trinajstić information content (AvgIpc) is 2.31. The zero-order valence-electron chi connectivity index (χ0n) is 9.92. The van der Waals surface area contributed by atoms with Crippen LogP contribution in [0, 0.1) is 5.82 Å². The standard InChI is InChI=1S/C12H18FNO2/c1-14-10(8-15-2)7-9-5-4-6-11(16-3)12(9)13/h4-6,10,14H,7-8H2,1-3H3. The lowest BCUT2D eigenvalue weighted by atomic mass is 10.1. The van der Waals surface area contributed by atoms with Gasteiger partial charge >= 0.3 is 0 Å². The number of ether oxygens (including phenoxy) is 2. The number of hydrogen-bond donors (Lipinski definition) is 1. The first-order chi connectivity index (χ1) is 7.72. The number of methoxy groups -OCH3 is 2. The zero-order chi connectivity index (χ0) is 12.0. The summed E-state index contributed by atoms with van der Waals surface area (Å²) in [5.74, 6) is -0.00822. The molecule has 16 heavy (non-hydrogen) atoms. The molecule has 1 aromatic rings. The van der Waals surface area contributed by atoms with Gasteiger partial charge in [-0.2, -0.15) is 0 Å². The van der Waals surface area contributed by atoms with Crippen LogP contribution in [0.5, 0.6) is 5.75 Å². The van der Waals surface area contributed by atoms with E-state index in [0.29, 0.717) is 18.6 Å². The van der Waals surface area contributed by atoms with Crippen molar-refractivity contribution in [2.45, 2.75) is 12.5 Å². The van der Waals surface area contributed by atoms with Gasteiger partial charge in [-0.05, 0) is 25.1 Å². The second-order valence-electron chi connectivity index (χ2n) is 3.58. The summed E-state index contributed by atoms with van der Waals surface area (Å²) >= 11 is 0. The summed E-state index contributed by atoms with van der Waals surface area (Å²) in [5.41, 5.74) is 0.635. The quantitative estimate of drug-likeness (QED) is 0.801. The lowest BCUT2D eigenvalue weighted by molar-refractivity contribution is 0.169. The van der Waals surface area contributed by atoms with E-state index in [0.717, 1.165) is 0 Å². The number of rotatable bonds is 6. The predicted molar refractivity (Wildman–Crippen MR) is 61.4 cm³/mol. The fourth-order valence-corrected chi connectivity index (χ4v) is 1.58. The van der Waals surface area contributed by atoms with Crippen molar-refractivity contribution in [1.29, 1.82) is 0 Å². The van der Waals surface area contributed by atoms with E-state index in [9.17, 15) is 4.39 Å². The highest BCUT2D eigenvalue weighted by Crippen LogP contribution is 2.20. The van der Waals surface area contributed by atoms with Gasteiger partial charge in [0.2, 0.25) is 0 Å². The molecule has 0 bridgehead atoms. The van der Waals surface area contributed by atoms with Gasteiger partial charge in [-0.1, -0.05) is 12.1 Å². The smallest absolute Gasteiger partial charge is 0.168 e. The highest BCUT2D eigenvalue weighted by Gasteiger charge is 2.13. The SMILES string of the molecule is CNC(COC)Cc1cccc(OC)c1F. The molecule has 1 unspecified atom stereocenters. The molecule has 0 aliphatic carbocycles. The summed E-state index contributed by atoms with van der Waals surface area (Å²) in [6.45, 7) is 0.549. The topological polar surface area (TPSA) is 30.5 Å². The minimum atomic E-state index is -0.290. The Labute approximate surface area is 95.6 Å². The lowest BCUT2D eigenvalue weighted by Gasteiger charge is -2.16. The second kappa shape index (κ2) is 6.45. The van der Waals surface area contributed by atoms with Gasteiger partial charge < -0.3 is 14.8 Å². The first-order valence-corrected chi connectivity index (χ1v) is 5.20. The summed E-state index contributed by atoms with van der Waals surface area (Å²) in [5, 5.41) is 3.08. The van der Waals surface area contributed by atoms with E-state index in [4.69, 9.17) is 9.47 Å². The minimum absolute atomic E-state index is 0.103. The summed E-state index contributed by atoms with van der Waals surface area (Å²) in [4.78, 5) is 0. The molecule has 0 saturated carbocycles. The van der Waals surface area contributed by atoms with Crippen molar-refractivity contribution in [3.8, 4) is 5.75 Å². The zero-order valence-corrected chi connectivity index (χ0v) is 9.92. The number of likely N-dealkylation sites (N-methyl/N-ethyl adjacent to an activating group) is 1. The molecular weight excluding hydrogens is 209 g/mol. The van der Waals surface area contributed by atoms with E-state index < -0.39 is 0 Å². The van der Waals surface area contributed by atoms with Crippen LogP contribution in [0.2, 0.25) is 0 Å². The number of benzene rings is 1. The highest BCUT2D eigenvalue weighted by molar-refractivity contribution is 5.31. The molecular formula is C12H18FNO2. The van der Waals surface area contributed by atoms with Crippen LogP contribution in [0.4, 0.5) is 4.39 Å². The summed E-state index contributed by atoms with van der Waals surface area (Å²) in [6, 6.07) is 5.27. The molecule has 0 aliphatic heterocycles. The van der Waals surface area contributed by atoms with Crippen molar-refractivity contribution < 1.29 is 13.9 Å². The minimum Gasteiger partial charge on any atom is -0.494 e. The molecule has 0 fully saturated rings. The van der Waals surface area contributed by atoms with Crippen LogP contribution >= 0.6 is 0 Å². The summed E-state index contributed by atoms with van der Waals surface area (Å²) < 4.78 is 23.8. The van der Waals surface area contributed by atoms with Crippen molar-refractivity contribution in [3.63, 3.8) is 0 Å². The fraction of sp³-hybridized carbons (Fsp3) is 0.500. The largest absolute Gasteiger partial charge is 0.494 e. The number of hydrogen-bond acceptors (Lipinski definition) is 3. The first kappa shape index (κ1) is 12.9. The summed E-state index contributed by atoms with van der Waals surface area (Å²) in [7, 11) is 4.93. The number of halogens is 1. The molecule has 1 aromatic carbocycles. The van der Waals surface area contributed by atoms with Gasteiger partial charge in [0, 0.05) is 13.2 Å². The van der Waals surface area contributed by atoms with Crippen LogP contribution in [-0.4, -0.2) is 33.9 Å². The molecule has 0 aliphatic rings. The molecule has 1 rings (SSSR count). The van der Waals surface area contributed by atoms with E-state index in [1.807, 2.05) is 7.05 Å². The van der Waals surface area contributed by atoms with Gasteiger partial charge in [0.05, 0.1) is 13.7 Å². The maximum atomic E-state index is 13.8. The van der Waals surface area contributed by atoms with Crippen LogP contribution in [0.3, 0.4) is 0 Å². The van der Waals surface area contributed by atoms with Crippen molar-refractivity contribution in [3.05, 3.63) is 29.6 Å². The molecule has 0 heterocycles. The molecule has 90 valence electrons. The van der Waals surface area contributed by atoms with Crippen molar-refractivity contribution >= 4 is 0 Å². The van der Waals surface area contributed by atoms with E-state index >= 15 is 0 Å². The third-order valence-corrected chi connectivity index (χ3v) is 2.51. The Balaban J connectivity index is 2.79. The Bertz CT molecular complexity index is 331. The van der Waals surface area contributed by atoms with Gasteiger partial charge in [-0.3, -0.25) is 0 Å². The maximum Gasteiger partial charge on any atom is 0.168 e. The van der Waals surface area contributed by atoms with Crippen LogP contribution in [0.25, 0.3) is 0 Å². The number of nitrogens with one attached hydrogen (secondary N) is 1. The van der Waals surface area contributed by atoms with Crippen LogP contribution in [0.1, 0.15) is 5.56 Å². The Morgan fingerprint density at radius 1 is 1.38 bits per heavy atom. The van der Waals surface area contributed by atoms with E-state index in [-0.39, 0.29) is 17.6 Å². The normalized spacial score (nSPS) is 12.5. The second-order valence-corrected chi connectivity index (χ2v) is 3.58. The van der Waals surface area contributed by atoms with E-state index in [2.05, 4.69) is 5.32 Å². The first-order valence-electron chi connectivity index (χ1n) is 5.20. The van der Waals surface area contributed by atoms with Gasteiger partial charge in [0.1, 0.15) is 0 Å². The monoisotopic (exact) mass is 227 g/mol. The average molecular weight is 227 g/mol.